The summed E-state index contributed by atoms with van der Waals surface area (Å²) in [4.78, 5) is 8.26. The second-order valence-electron chi connectivity index (χ2n) is 4.15. The molecule has 5 nitrogen and oxygen atoms in total. The van der Waals surface area contributed by atoms with Crippen LogP contribution in [-0.4, -0.2) is 24.1 Å². The zero-order valence-electron chi connectivity index (χ0n) is 11.0. The van der Waals surface area contributed by atoms with Crippen LogP contribution >= 0.6 is 0 Å². The van der Waals surface area contributed by atoms with Gasteiger partial charge in [0.15, 0.2) is 23.0 Å². The molecular formula is C14H12FN3O2. The minimum absolute atomic E-state index is 0.310. The fourth-order valence-corrected chi connectivity index (χ4v) is 2.05. The topological polar surface area (TPSA) is 60.2 Å². The minimum atomic E-state index is -0.310. The molecular weight excluding hydrogens is 261 g/mol. The van der Waals surface area contributed by atoms with E-state index in [1.807, 2.05) is 0 Å². The van der Waals surface area contributed by atoms with Crippen LogP contribution in [0.15, 0.2) is 35.0 Å². The first kappa shape index (κ1) is 12.4. The summed E-state index contributed by atoms with van der Waals surface area (Å²) in [5.74, 6) is 1.23. The summed E-state index contributed by atoms with van der Waals surface area (Å²) >= 11 is 0. The van der Waals surface area contributed by atoms with Crippen LogP contribution in [0.3, 0.4) is 0 Å². The average Bonchev–Trinajstić information content (AvgIpc) is 2.88. The number of nitrogens with zero attached hydrogens (tertiary/aromatic N) is 2. The van der Waals surface area contributed by atoms with Gasteiger partial charge in [0.05, 0.1) is 7.11 Å². The number of aromatic nitrogens is 2. The number of fused-ring (bicyclic) bond motifs is 1. The van der Waals surface area contributed by atoms with Crippen molar-refractivity contribution in [3.63, 3.8) is 0 Å². The van der Waals surface area contributed by atoms with Crippen LogP contribution in [0.2, 0.25) is 0 Å². The Bertz CT molecular complexity index is 770. The van der Waals surface area contributed by atoms with Gasteiger partial charge in [0, 0.05) is 12.4 Å². The Kier molecular flexibility index (Phi) is 2.98. The Morgan fingerprint density at radius 2 is 2.10 bits per heavy atom. The average molecular weight is 273 g/mol. The van der Waals surface area contributed by atoms with Gasteiger partial charge in [-0.1, -0.05) is 0 Å². The monoisotopic (exact) mass is 273 g/mol. The van der Waals surface area contributed by atoms with Crippen LogP contribution in [0.25, 0.3) is 22.4 Å². The van der Waals surface area contributed by atoms with Crippen molar-refractivity contribution in [2.45, 2.75) is 0 Å². The van der Waals surface area contributed by atoms with E-state index in [4.69, 9.17) is 9.15 Å². The van der Waals surface area contributed by atoms with Gasteiger partial charge >= 0.3 is 0 Å². The van der Waals surface area contributed by atoms with Gasteiger partial charge in [-0.15, -0.1) is 0 Å². The standard InChI is InChI=1S/C14H12FN3O2/c1-16-14-13(19-2)12(17-7-18-14)11-6-8-5-9(15)3-4-10(8)20-11/h3-7H,1-2H3,(H,16,17,18). The second kappa shape index (κ2) is 4.80. The van der Waals surface area contributed by atoms with Crippen LogP contribution in [0, 0.1) is 5.82 Å². The van der Waals surface area contributed by atoms with Crippen molar-refractivity contribution in [3.05, 3.63) is 36.4 Å². The molecule has 2 heterocycles. The third-order valence-corrected chi connectivity index (χ3v) is 2.96. The maximum atomic E-state index is 13.2. The molecule has 0 saturated carbocycles. The number of furan rings is 1. The number of anilines is 1. The highest BCUT2D eigenvalue weighted by Gasteiger charge is 2.17. The lowest BCUT2D eigenvalue weighted by atomic mass is 10.2. The molecule has 0 amide bonds. The summed E-state index contributed by atoms with van der Waals surface area (Å²) in [7, 11) is 3.27. The summed E-state index contributed by atoms with van der Waals surface area (Å²) in [6.45, 7) is 0. The number of hydrogen-bond donors (Lipinski definition) is 1. The molecule has 0 atom stereocenters. The summed E-state index contributed by atoms with van der Waals surface area (Å²) in [6.07, 6.45) is 1.41. The molecule has 0 radical (unpaired) electrons. The molecule has 0 bridgehead atoms. The summed E-state index contributed by atoms with van der Waals surface area (Å²) < 4.78 is 24.2. The number of hydrogen-bond acceptors (Lipinski definition) is 5. The number of rotatable bonds is 3. The van der Waals surface area contributed by atoms with Crippen molar-refractivity contribution in [1.82, 2.24) is 9.97 Å². The van der Waals surface area contributed by atoms with E-state index in [-0.39, 0.29) is 5.82 Å². The van der Waals surface area contributed by atoms with Crippen LogP contribution in [0.1, 0.15) is 0 Å². The molecule has 0 aliphatic rings. The maximum Gasteiger partial charge on any atom is 0.190 e. The number of nitrogens with one attached hydrogen (secondary N) is 1. The summed E-state index contributed by atoms with van der Waals surface area (Å²) in [6, 6.07) is 6.07. The number of ether oxygens (including phenoxy) is 1. The predicted molar refractivity (Wildman–Crippen MR) is 73.3 cm³/mol. The molecule has 102 valence electrons. The summed E-state index contributed by atoms with van der Waals surface area (Å²) in [5, 5.41) is 3.59. The molecule has 3 aromatic rings. The molecule has 1 aromatic carbocycles. The molecule has 0 unspecified atom stereocenters. The van der Waals surface area contributed by atoms with E-state index in [0.717, 1.165) is 0 Å². The lowest BCUT2D eigenvalue weighted by Gasteiger charge is -2.09. The minimum Gasteiger partial charge on any atom is -0.491 e. The molecule has 1 N–H and O–H groups in total. The Labute approximate surface area is 114 Å². The Hall–Kier alpha value is -2.63. The number of halogens is 1. The highest BCUT2D eigenvalue weighted by atomic mass is 19.1. The van der Waals surface area contributed by atoms with Crippen LogP contribution in [0.5, 0.6) is 5.75 Å². The molecule has 0 spiro atoms. The number of benzene rings is 1. The van der Waals surface area contributed by atoms with Gasteiger partial charge < -0.3 is 14.5 Å². The lowest BCUT2D eigenvalue weighted by molar-refractivity contribution is 0.413. The van der Waals surface area contributed by atoms with E-state index in [1.165, 1.54) is 25.6 Å². The molecule has 20 heavy (non-hydrogen) atoms. The predicted octanol–water partition coefficient (Wildman–Crippen LogP) is 3.08. The van der Waals surface area contributed by atoms with Crippen molar-refractivity contribution in [2.24, 2.45) is 0 Å². The normalized spacial score (nSPS) is 10.8. The SMILES string of the molecule is CNc1ncnc(-c2cc3cc(F)ccc3o2)c1OC. The van der Waals surface area contributed by atoms with E-state index in [9.17, 15) is 4.39 Å². The molecule has 6 heteroatoms. The van der Waals surface area contributed by atoms with Gasteiger partial charge in [-0.05, 0) is 24.3 Å². The molecule has 0 aliphatic heterocycles. The van der Waals surface area contributed by atoms with Crippen molar-refractivity contribution >= 4 is 16.8 Å². The molecule has 0 saturated heterocycles. The first-order chi connectivity index (χ1) is 9.72. The van der Waals surface area contributed by atoms with Gasteiger partial charge in [-0.25, -0.2) is 14.4 Å². The van der Waals surface area contributed by atoms with Gasteiger partial charge in [-0.3, -0.25) is 0 Å². The second-order valence-corrected chi connectivity index (χ2v) is 4.15. The van der Waals surface area contributed by atoms with Gasteiger partial charge in [0.25, 0.3) is 0 Å². The first-order valence-electron chi connectivity index (χ1n) is 5.99. The Morgan fingerprint density at radius 1 is 1.25 bits per heavy atom. The van der Waals surface area contributed by atoms with E-state index in [1.54, 1.807) is 19.2 Å². The fraction of sp³-hybridized carbons (Fsp3) is 0.143. The van der Waals surface area contributed by atoms with Crippen LogP contribution in [-0.2, 0) is 0 Å². The zero-order valence-corrected chi connectivity index (χ0v) is 11.0. The van der Waals surface area contributed by atoms with Gasteiger partial charge in [0.2, 0.25) is 0 Å². The van der Waals surface area contributed by atoms with E-state index in [0.29, 0.717) is 34.0 Å². The Balaban J connectivity index is 2.20. The van der Waals surface area contributed by atoms with Gasteiger partial charge in [0.1, 0.15) is 17.7 Å². The first-order valence-corrected chi connectivity index (χ1v) is 5.99. The third kappa shape index (κ3) is 1.95. The highest BCUT2D eigenvalue weighted by Crippen LogP contribution is 2.35. The largest absolute Gasteiger partial charge is 0.491 e. The van der Waals surface area contributed by atoms with Crippen LogP contribution in [0.4, 0.5) is 10.2 Å². The smallest absolute Gasteiger partial charge is 0.190 e. The van der Waals surface area contributed by atoms with Crippen molar-refractivity contribution in [1.29, 1.82) is 0 Å². The third-order valence-electron chi connectivity index (χ3n) is 2.96. The van der Waals surface area contributed by atoms with E-state index < -0.39 is 0 Å². The number of methoxy groups -OCH3 is 1. The van der Waals surface area contributed by atoms with E-state index in [2.05, 4.69) is 15.3 Å². The Morgan fingerprint density at radius 3 is 2.85 bits per heavy atom. The van der Waals surface area contributed by atoms with Crippen LogP contribution < -0.4 is 10.1 Å². The quantitative estimate of drug-likeness (QED) is 0.794. The maximum absolute atomic E-state index is 13.2. The van der Waals surface area contributed by atoms with Gasteiger partial charge in [-0.2, -0.15) is 0 Å². The highest BCUT2D eigenvalue weighted by molar-refractivity contribution is 5.84. The molecule has 3 rings (SSSR count). The fourth-order valence-electron chi connectivity index (χ4n) is 2.05. The zero-order chi connectivity index (χ0) is 14.1. The van der Waals surface area contributed by atoms with Crippen molar-refractivity contribution < 1.29 is 13.5 Å². The molecule has 2 aromatic heterocycles. The van der Waals surface area contributed by atoms with Crippen molar-refractivity contribution in [3.8, 4) is 17.2 Å². The van der Waals surface area contributed by atoms with E-state index >= 15 is 0 Å². The summed E-state index contributed by atoms with van der Waals surface area (Å²) in [5.41, 5.74) is 1.11. The van der Waals surface area contributed by atoms with Crippen molar-refractivity contribution in [2.75, 3.05) is 19.5 Å². The molecule has 0 fully saturated rings. The molecule has 0 aliphatic carbocycles. The lowest BCUT2D eigenvalue weighted by Crippen LogP contribution is -2.00.